The van der Waals surface area contributed by atoms with Gasteiger partial charge in [0.1, 0.15) is 22.8 Å². The number of nitrogens with one attached hydrogen (secondary N) is 1. The zero-order valence-corrected chi connectivity index (χ0v) is 14.7. The predicted molar refractivity (Wildman–Crippen MR) is 95.1 cm³/mol. The molecular formula is C19H22N4O2. The zero-order chi connectivity index (χ0) is 17.8. The number of aryl methyl sites for hydroxylation is 2. The van der Waals surface area contributed by atoms with Crippen LogP contribution in [-0.2, 0) is 6.54 Å². The standard InChI is InChI=1S/C19H22N4O2/c1-13(12-23-10-9-20-15(23)3)11-21-19(24)17-14(2)25-22-18(17)16-7-5-4-6-8-16/h4-10,13H,11-12H2,1-3H3,(H,21,24). The Morgan fingerprint density at radius 2 is 2.04 bits per heavy atom. The Morgan fingerprint density at radius 3 is 2.72 bits per heavy atom. The smallest absolute Gasteiger partial charge is 0.257 e. The Bertz CT molecular complexity index is 851. The van der Waals surface area contributed by atoms with Crippen molar-refractivity contribution in [3.63, 3.8) is 0 Å². The molecule has 2 heterocycles. The number of imidazole rings is 1. The van der Waals surface area contributed by atoms with Gasteiger partial charge >= 0.3 is 0 Å². The van der Waals surface area contributed by atoms with Gasteiger partial charge in [0.2, 0.25) is 0 Å². The SMILES string of the molecule is Cc1onc(-c2ccccc2)c1C(=O)NCC(C)Cn1ccnc1C. The summed E-state index contributed by atoms with van der Waals surface area (Å²) in [4.78, 5) is 16.9. The van der Waals surface area contributed by atoms with Gasteiger partial charge in [-0.25, -0.2) is 4.98 Å². The average molecular weight is 338 g/mol. The lowest BCUT2D eigenvalue weighted by Crippen LogP contribution is -2.30. The Kier molecular flexibility index (Phi) is 4.97. The van der Waals surface area contributed by atoms with Gasteiger partial charge in [0.15, 0.2) is 0 Å². The second-order valence-corrected chi connectivity index (χ2v) is 6.27. The molecule has 1 amide bonds. The molecule has 6 nitrogen and oxygen atoms in total. The van der Waals surface area contributed by atoms with Crippen molar-refractivity contribution in [2.24, 2.45) is 5.92 Å². The molecule has 0 aliphatic heterocycles. The number of hydrogen-bond acceptors (Lipinski definition) is 4. The van der Waals surface area contributed by atoms with Crippen LogP contribution in [-0.4, -0.2) is 27.2 Å². The summed E-state index contributed by atoms with van der Waals surface area (Å²) in [7, 11) is 0. The molecule has 1 unspecified atom stereocenters. The first-order chi connectivity index (χ1) is 12.1. The van der Waals surface area contributed by atoms with Crippen LogP contribution in [0.15, 0.2) is 47.2 Å². The lowest BCUT2D eigenvalue weighted by Gasteiger charge is -2.14. The quantitative estimate of drug-likeness (QED) is 0.749. The number of amides is 1. The molecule has 0 aliphatic carbocycles. The van der Waals surface area contributed by atoms with E-state index in [4.69, 9.17) is 4.52 Å². The number of aromatic nitrogens is 3. The van der Waals surface area contributed by atoms with Crippen molar-refractivity contribution in [1.29, 1.82) is 0 Å². The summed E-state index contributed by atoms with van der Waals surface area (Å²) < 4.78 is 7.34. The minimum absolute atomic E-state index is 0.160. The average Bonchev–Trinajstić information content (AvgIpc) is 3.19. The zero-order valence-electron chi connectivity index (χ0n) is 14.7. The van der Waals surface area contributed by atoms with E-state index in [1.165, 1.54) is 0 Å². The molecule has 2 aromatic heterocycles. The molecule has 0 saturated carbocycles. The fourth-order valence-electron chi connectivity index (χ4n) is 2.78. The lowest BCUT2D eigenvalue weighted by atomic mass is 10.1. The van der Waals surface area contributed by atoms with Gasteiger partial charge < -0.3 is 14.4 Å². The van der Waals surface area contributed by atoms with E-state index in [1.54, 1.807) is 13.1 Å². The third-order valence-electron chi connectivity index (χ3n) is 4.18. The Morgan fingerprint density at radius 1 is 1.28 bits per heavy atom. The van der Waals surface area contributed by atoms with Crippen LogP contribution >= 0.6 is 0 Å². The summed E-state index contributed by atoms with van der Waals surface area (Å²) in [5.41, 5.74) is 1.94. The van der Waals surface area contributed by atoms with E-state index in [0.29, 0.717) is 23.6 Å². The molecule has 3 rings (SSSR count). The molecule has 1 atom stereocenters. The molecule has 6 heteroatoms. The van der Waals surface area contributed by atoms with Crippen LogP contribution in [0.4, 0.5) is 0 Å². The third-order valence-corrected chi connectivity index (χ3v) is 4.18. The van der Waals surface area contributed by atoms with Gasteiger partial charge in [-0.3, -0.25) is 4.79 Å². The number of benzene rings is 1. The topological polar surface area (TPSA) is 73.0 Å². The fraction of sp³-hybridized carbons (Fsp3) is 0.316. The molecule has 0 spiro atoms. The first kappa shape index (κ1) is 17.0. The second-order valence-electron chi connectivity index (χ2n) is 6.27. The largest absolute Gasteiger partial charge is 0.360 e. The summed E-state index contributed by atoms with van der Waals surface area (Å²) in [6.07, 6.45) is 3.73. The lowest BCUT2D eigenvalue weighted by molar-refractivity contribution is 0.0946. The van der Waals surface area contributed by atoms with Crippen LogP contribution < -0.4 is 5.32 Å². The summed E-state index contributed by atoms with van der Waals surface area (Å²) in [6.45, 7) is 7.19. The highest BCUT2D eigenvalue weighted by atomic mass is 16.5. The maximum atomic E-state index is 12.7. The minimum Gasteiger partial charge on any atom is -0.360 e. The van der Waals surface area contributed by atoms with Gasteiger partial charge in [0.25, 0.3) is 5.91 Å². The molecule has 0 fully saturated rings. The van der Waals surface area contributed by atoms with E-state index < -0.39 is 0 Å². The maximum absolute atomic E-state index is 12.7. The monoisotopic (exact) mass is 338 g/mol. The summed E-state index contributed by atoms with van der Waals surface area (Å²) in [5, 5.41) is 7.05. The predicted octanol–water partition coefficient (Wildman–Crippen LogP) is 3.22. The number of hydrogen-bond donors (Lipinski definition) is 1. The van der Waals surface area contributed by atoms with Crippen LogP contribution in [0.2, 0.25) is 0 Å². The van der Waals surface area contributed by atoms with Crippen LogP contribution in [0.3, 0.4) is 0 Å². The van der Waals surface area contributed by atoms with Crippen molar-refractivity contribution in [2.75, 3.05) is 6.54 Å². The molecule has 25 heavy (non-hydrogen) atoms. The molecule has 3 aromatic rings. The van der Waals surface area contributed by atoms with Crippen molar-refractivity contribution < 1.29 is 9.32 Å². The number of carbonyl (C=O) groups is 1. The van der Waals surface area contributed by atoms with Crippen molar-refractivity contribution in [3.05, 3.63) is 59.9 Å². The molecule has 1 aromatic carbocycles. The van der Waals surface area contributed by atoms with Gasteiger partial charge in [-0.2, -0.15) is 0 Å². The first-order valence-corrected chi connectivity index (χ1v) is 8.34. The summed E-state index contributed by atoms with van der Waals surface area (Å²) >= 11 is 0. The van der Waals surface area contributed by atoms with Crippen LogP contribution in [0, 0.1) is 19.8 Å². The van der Waals surface area contributed by atoms with Gasteiger partial charge in [0.05, 0.1) is 0 Å². The summed E-state index contributed by atoms with van der Waals surface area (Å²) in [5.74, 6) is 1.61. The van der Waals surface area contributed by atoms with Crippen LogP contribution in [0.5, 0.6) is 0 Å². The summed E-state index contributed by atoms with van der Waals surface area (Å²) in [6, 6.07) is 9.58. The van der Waals surface area contributed by atoms with Crippen molar-refractivity contribution in [1.82, 2.24) is 20.0 Å². The molecule has 0 bridgehead atoms. The van der Waals surface area contributed by atoms with E-state index in [2.05, 4.69) is 26.9 Å². The highest BCUT2D eigenvalue weighted by Crippen LogP contribution is 2.24. The molecule has 0 radical (unpaired) electrons. The van der Waals surface area contributed by atoms with Crippen molar-refractivity contribution in [3.8, 4) is 11.3 Å². The van der Waals surface area contributed by atoms with Gasteiger partial charge in [0, 0.05) is 31.0 Å². The van der Waals surface area contributed by atoms with E-state index in [-0.39, 0.29) is 11.8 Å². The number of rotatable bonds is 6. The van der Waals surface area contributed by atoms with Crippen molar-refractivity contribution >= 4 is 5.91 Å². The number of nitrogens with zero attached hydrogens (tertiary/aromatic N) is 3. The molecule has 130 valence electrons. The van der Waals surface area contributed by atoms with Crippen LogP contribution in [0.1, 0.15) is 28.9 Å². The first-order valence-electron chi connectivity index (χ1n) is 8.34. The Balaban J connectivity index is 1.68. The Labute approximate surface area is 146 Å². The van der Waals surface area contributed by atoms with Gasteiger partial charge in [-0.15, -0.1) is 0 Å². The minimum atomic E-state index is -0.160. The van der Waals surface area contributed by atoms with Gasteiger partial charge in [-0.1, -0.05) is 42.4 Å². The van der Waals surface area contributed by atoms with Crippen molar-refractivity contribution in [2.45, 2.75) is 27.3 Å². The normalized spacial score (nSPS) is 12.1. The molecular weight excluding hydrogens is 316 g/mol. The highest BCUT2D eigenvalue weighted by Gasteiger charge is 2.21. The van der Waals surface area contributed by atoms with E-state index in [9.17, 15) is 4.79 Å². The third kappa shape index (κ3) is 3.79. The molecule has 1 N–H and O–H groups in total. The second kappa shape index (κ2) is 7.34. The highest BCUT2D eigenvalue weighted by molar-refractivity contribution is 6.00. The van der Waals surface area contributed by atoms with Crippen LogP contribution in [0.25, 0.3) is 11.3 Å². The maximum Gasteiger partial charge on any atom is 0.257 e. The van der Waals surface area contributed by atoms with E-state index >= 15 is 0 Å². The molecule has 0 aliphatic rings. The van der Waals surface area contributed by atoms with E-state index in [0.717, 1.165) is 17.9 Å². The number of carbonyl (C=O) groups excluding carboxylic acids is 1. The molecule has 0 saturated heterocycles. The van der Waals surface area contributed by atoms with E-state index in [1.807, 2.05) is 43.5 Å². The fourth-order valence-corrected chi connectivity index (χ4v) is 2.78. The van der Waals surface area contributed by atoms with Gasteiger partial charge in [-0.05, 0) is 19.8 Å². The Hall–Kier alpha value is -2.89.